The minimum absolute atomic E-state index is 0.267. The van der Waals surface area contributed by atoms with E-state index in [-0.39, 0.29) is 6.42 Å². The van der Waals surface area contributed by atoms with E-state index in [1.54, 1.807) is 0 Å². The highest BCUT2D eigenvalue weighted by Gasteiger charge is 2.26. The van der Waals surface area contributed by atoms with E-state index in [1.807, 2.05) is 10.6 Å². The number of carboxylic acid groups (broad SMARTS) is 2. The lowest BCUT2D eigenvalue weighted by molar-refractivity contribution is -0.139. The van der Waals surface area contributed by atoms with Gasteiger partial charge in [-0.15, -0.1) is 0 Å². The number of hydrogen-bond acceptors (Lipinski definition) is 7. The molecule has 0 aromatic heterocycles. The van der Waals surface area contributed by atoms with E-state index in [9.17, 15) is 27.6 Å². The molecule has 132 valence electrons. The molecule has 0 bridgehead atoms. The maximum atomic E-state index is 11.6. The van der Waals surface area contributed by atoms with Crippen LogP contribution in [-0.2, 0) is 29.3 Å². The molecule has 0 aliphatic heterocycles. The molecule has 2 atom stereocenters. The number of carbonyl (C=O) groups is 4. The van der Waals surface area contributed by atoms with Gasteiger partial charge in [0.15, 0.2) is 0 Å². The van der Waals surface area contributed by atoms with Gasteiger partial charge >= 0.3 is 11.9 Å². The van der Waals surface area contributed by atoms with Crippen molar-refractivity contribution in [2.24, 2.45) is 5.73 Å². The highest BCUT2D eigenvalue weighted by atomic mass is 32.2. The van der Waals surface area contributed by atoms with Crippen LogP contribution >= 0.6 is 0 Å². The summed E-state index contributed by atoms with van der Waals surface area (Å²) in [5, 5.41) is 20.8. The molecular formula is C10H17N3O9S. The Morgan fingerprint density at radius 2 is 1.70 bits per heavy atom. The molecule has 23 heavy (non-hydrogen) atoms. The quantitative estimate of drug-likeness (QED) is 0.215. The van der Waals surface area contributed by atoms with Crippen LogP contribution in [-0.4, -0.2) is 71.3 Å². The third-order valence-corrected chi connectivity index (χ3v) is 3.20. The van der Waals surface area contributed by atoms with Crippen LogP contribution in [0.1, 0.15) is 12.8 Å². The van der Waals surface area contributed by atoms with Crippen molar-refractivity contribution >= 4 is 33.9 Å². The van der Waals surface area contributed by atoms with Gasteiger partial charge in [-0.3, -0.25) is 23.7 Å². The summed E-state index contributed by atoms with van der Waals surface area (Å²) in [4.78, 5) is 44.0. The number of hydrogen-bond donors (Lipinski definition) is 6. The van der Waals surface area contributed by atoms with Gasteiger partial charge in [-0.2, -0.15) is 8.42 Å². The van der Waals surface area contributed by atoms with Gasteiger partial charge in [0, 0.05) is 6.42 Å². The Balaban J connectivity index is 4.74. The average Bonchev–Trinajstić information content (AvgIpc) is 2.39. The number of carboxylic acids is 2. The Hall–Kier alpha value is -2.25. The van der Waals surface area contributed by atoms with E-state index in [2.05, 4.69) is 0 Å². The maximum absolute atomic E-state index is 11.6. The third-order valence-electron chi connectivity index (χ3n) is 2.44. The minimum Gasteiger partial charge on any atom is -0.480 e. The first-order valence-electron chi connectivity index (χ1n) is 6.14. The van der Waals surface area contributed by atoms with Gasteiger partial charge in [-0.25, -0.2) is 0 Å². The van der Waals surface area contributed by atoms with Gasteiger partial charge in [0.2, 0.25) is 11.8 Å². The van der Waals surface area contributed by atoms with Crippen LogP contribution in [0.3, 0.4) is 0 Å². The molecule has 13 heteroatoms. The monoisotopic (exact) mass is 355 g/mol. The van der Waals surface area contributed by atoms with Crippen molar-refractivity contribution in [2.45, 2.75) is 24.9 Å². The number of rotatable bonds is 10. The lowest BCUT2D eigenvalue weighted by Gasteiger charge is -2.17. The Labute approximate surface area is 130 Å². The highest BCUT2D eigenvalue weighted by Crippen LogP contribution is 1.98. The molecular weight excluding hydrogens is 338 g/mol. The van der Waals surface area contributed by atoms with E-state index < -0.39 is 64.7 Å². The minimum atomic E-state index is -4.64. The first-order chi connectivity index (χ1) is 10.4. The molecule has 0 aliphatic carbocycles. The average molecular weight is 355 g/mol. The van der Waals surface area contributed by atoms with Crippen molar-refractivity contribution in [3.63, 3.8) is 0 Å². The van der Waals surface area contributed by atoms with Crippen molar-refractivity contribution in [3.8, 4) is 0 Å². The lowest BCUT2D eigenvalue weighted by Crippen LogP contribution is -2.51. The number of aliphatic carboxylic acids is 2. The largest absolute Gasteiger partial charge is 0.480 e. The molecule has 0 rings (SSSR count). The zero-order chi connectivity index (χ0) is 18.2. The van der Waals surface area contributed by atoms with Crippen LogP contribution in [0, 0.1) is 0 Å². The third kappa shape index (κ3) is 10.2. The highest BCUT2D eigenvalue weighted by molar-refractivity contribution is 7.85. The Kier molecular flexibility index (Phi) is 8.13. The molecule has 0 saturated carbocycles. The second-order valence-electron chi connectivity index (χ2n) is 4.46. The van der Waals surface area contributed by atoms with Crippen LogP contribution < -0.4 is 16.4 Å². The molecule has 0 aromatic carbocycles. The number of nitrogens with one attached hydrogen (secondary N) is 2. The van der Waals surface area contributed by atoms with Crippen LogP contribution in [0.25, 0.3) is 0 Å². The molecule has 0 aliphatic rings. The molecule has 0 unspecified atom stereocenters. The molecule has 0 radical (unpaired) electrons. The SMILES string of the molecule is N[C@H](CCC(=O)N[C@@H](CS(=O)(=O)O)C(=O)NCC(=O)O)C(=O)O. The zero-order valence-corrected chi connectivity index (χ0v) is 12.6. The first kappa shape index (κ1) is 20.8. The molecule has 12 nitrogen and oxygen atoms in total. The fraction of sp³-hybridized carbons (Fsp3) is 0.600. The summed E-state index contributed by atoms with van der Waals surface area (Å²) in [5.74, 6) is -5.94. The fourth-order valence-electron chi connectivity index (χ4n) is 1.36. The summed E-state index contributed by atoms with van der Waals surface area (Å²) in [6, 6.07) is -3.06. The van der Waals surface area contributed by atoms with Crippen LogP contribution in [0.5, 0.6) is 0 Å². The van der Waals surface area contributed by atoms with Crippen molar-refractivity contribution in [2.75, 3.05) is 12.3 Å². The molecule has 7 N–H and O–H groups in total. The van der Waals surface area contributed by atoms with Crippen molar-refractivity contribution in [3.05, 3.63) is 0 Å². The van der Waals surface area contributed by atoms with E-state index >= 15 is 0 Å². The van der Waals surface area contributed by atoms with Crippen molar-refractivity contribution in [1.29, 1.82) is 0 Å². The second-order valence-corrected chi connectivity index (χ2v) is 5.96. The number of carbonyl (C=O) groups excluding carboxylic acids is 2. The Morgan fingerprint density at radius 3 is 2.13 bits per heavy atom. The normalized spacial score (nSPS) is 13.7. The molecule has 0 heterocycles. The van der Waals surface area contributed by atoms with Gasteiger partial charge in [0.25, 0.3) is 10.1 Å². The van der Waals surface area contributed by atoms with Crippen molar-refractivity contribution in [1.82, 2.24) is 10.6 Å². The van der Waals surface area contributed by atoms with Gasteiger partial charge in [0.05, 0.1) is 0 Å². The predicted molar refractivity (Wildman–Crippen MR) is 73.8 cm³/mol. The lowest BCUT2D eigenvalue weighted by atomic mass is 10.1. The summed E-state index contributed by atoms with van der Waals surface area (Å²) < 4.78 is 30.4. The van der Waals surface area contributed by atoms with E-state index in [0.29, 0.717) is 0 Å². The smallest absolute Gasteiger partial charge is 0.322 e. The molecule has 2 amide bonds. The molecule has 0 saturated heterocycles. The number of nitrogens with two attached hydrogens (primary N) is 1. The Bertz CT molecular complexity index is 574. The van der Waals surface area contributed by atoms with E-state index in [4.69, 9.17) is 20.5 Å². The van der Waals surface area contributed by atoms with Gasteiger partial charge < -0.3 is 26.6 Å². The van der Waals surface area contributed by atoms with Gasteiger partial charge in [0.1, 0.15) is 24.4 Å². The van der Waals surface area contributed by atoms with E-state index in [0.717, 1.165) is 0 Å². The molecule has 0 aromatic rings. The molecule has 0 fully saturated rings. The Morgan fingerprint density at radius 1 is 1.13 bits per heavy atom. The summed E-state index contributed by atoms with van der Waals surface area (Å²) in [6.07, 6.45) is -0.682. The number of amides is 2. The summed E-state index contributed by atoms with van der Waals surface area (Å²) in [7, 11) is -4.64. The maximum Gasteiger partial charge on any atom is 0.322 e. The molecule has 0 spiro atoms. The van der Waals surface area contributed by atoms with Crippen molar-refractivity contribution < 1.29 is 42.4 Å². The van der Waals surface area contributed by atoms with E-state index in [1.165, 1.54) is 0 Å². The first-order valence-corrected chi connectivity index (χ1v) is 7.75. The zero-order valence-electron chi connectivity index (χ0n) is 11.8. The van der Waals surface area contributed by atoms with Gasteiger partial charge in [-0.1, -0.05) is 0 Å². The topological polar surface area (TPSA) is 213 Å². The predicted octanol–water partition coefficient (Wildman–Crippen LogP) is -3.25. The second kappa shape index (κ2) is 9.02. The van der Waals surface area contributed by atoms with Crippen LogP contribution in [0.2, 0.25) is 0 Å². The summed E-state index contributed by atoms with van der Waals surface area (Å²) in [6.45, 7) is -0.819. The fourth-order valence-corrected chi connectivity index (χ4v) is 2.01. The summed E-state index contributed by atoms with van der Waals surface area (Å²) >= 11 is 0. The summed E-state index contributed by atoms with van der Waals surface area (Å²) in [5.41, 5.74) is 5.18. The van der Waals surface area contributed by atoms with Crippen LogP contribution in [0.15, 0.2) is 0 Å². The standard InChI is InChI=1S/C10H17N3O9S/c11-5(10(18)19)1-2-7(14)13-6(4-23(20,21)22)9(17)12-3-8(15)16/h5-6H,1-4,11H2,(H,12,17)(H,13,14)(H,15,16)(H,18,19)(H,20,21,22)/t5-,6+/m1/s1. The van der Waals surface area contributed by atoms with Crippen LogP contribution in [0.4, 0.5) is 0 Å². The van der Waals surface area contributed by atoms with Gasteiger partial charge in [-0.05, 0) is 6.42 Å².